The van der Waals surface area contributed by atoms with Crippen molar-refractivity contribution in [3.05, 3.63) is 35.4 Å². The number of likely N-dealkylation sites (tertiary alicyclic amines) is 1. The fourth-order valence-electron chi connectivity index (χ4n) is 2.72. The number of alkyl halides is 3. The van der Waals surface area contributed by atoms with Gasteiger partial charge in [-0.3, -0.25) is 4.79 Å². The molecule has 1 aliphatic rings. The number of piperidine rings is 1. The summed E-state index contributed by atoms with van der Waals surface area (Å²) in [6, 6.07) is 4.64. The van der Waals surface area contributed by atoms with E-state index in [2.05, 4.69) is 5.32 Å². The van der Waals surface area contributed by atoms with Gasteiger partial charge in [-0.2, -0.15) is 13.2 Å². The molecule has 3 nitrogen and oxygen atoms in total. The van der Waals surface area contributed by atoms with Crippen LogP contribution in [0.25, 0.3) is 0 Å². The monoisotopic (exact) mass is 300 g/mol. The number of halogens is 3. The zero-order valence-electron chi connectivity index (χ0n) is 11.9. The number of benzene rings is 1. The maximum Gasteiger partial charge on any atom is 0.416 e. The molecule has 0 aromatic heterocycles. The Labute approximate surface area is 122 Å². The topological polar surface area (TPSA) is 32.3 Å². The van der Waals surface area contributed by atoms with Crippen LogP contribution in [0.2, 0.25) is 0 Å². The van der Waals surface area contributed by atoms with E-state index in [-0.39, 0.29) is 11.5 Å². The highest BCUT2D eigenvalue weighted by molar-refractivity contribution is 5.94. The molecule has 0 aliphatic carbocycles. The number of nitrogens with zero attached hydrogens (tertiary/aromatic N) is 1. The molecule has 1 fully saturated rings. The first kappa shape index (κ1) is 15.8. The SMILES string of the molecule is CNCC1CCCN(C(=O)c2cccc(C(F)(F)F)c2)C1. The predicted molar refractivity (Wildman–Crippen MR) is 74.0 cm³/mol. The van der Waals surface area contributed by atoms with Crippen molar-refractivity contribution in [2.24, 2.45) is 5.92 Å². The Morgan fingerprint density at radius 2 is 2.19 bits per heavy atom. The second kappa shape index (κ2) is 6.47. The Kier molecular flexibility index (Phi) is 4.88. The maximum absolute atomic E-state index is 12.7. The summed E-state index contributed by atoms with van der Waals surface area (Å²) in [5, 5.41) is 3.08. The Morgan fingerprint density at radius 3 is 2.86 bits per heavy atom. The van der Waals surface area contributed by atoms with Gasteiger partial charge < -0.3 is 10.2 Å². The van der Waals surface area contributed by atoms with Crippen molar-refractivity contribution in [1.82, 2.24) is 10.2 Å². The van der Waals surface area contributed by atoms with Gasteiger partial charge in [0.15, 0.2) is 0 Å². The van der Waals surface area contributed by atoms with Gasteiger partial charge in [0.05, 0.1) is 5.56 Å². The van der Waals surface area contributed by atoms with Crippen molar-refractivity contribution in [2.75, 3.05) is 26.7 Å². The molecule has 1 aromatic carbocycles. The van der Waals surface area contributed by atoms with Crippen molar-refractivity contribution in [2.45, 2.75) is 19.0 Å². The minimum absolute atomic E-state index is 0.106. The molecule has 1 aromatic rings. The standard InChI is InChI=1S/C15H19F3N2O/c1-19-9-11-4-3-7-20(10-11)14(21)12-5-2-6-13(8-12)15(16,17)18/h2,5-6,8,11,19H,3-4,7,9-10H2,1H3. The average molecular weight is 300 g/mol. The molecule has 0 radical (unpaired) electrons. The summed E-state index contributed by atoms with van der Waals surface area (Å²) < 4.78 is 38.1. The van der Waals surface area contributed by atoms with Crippen molar-refractivity contribution in [3.63, 3.8) is 0 Å². The van der Waals surface area contributed by atoms with E-state index in [1.807, 2.05) is 7.05 Å². The van der Waals surface area contributed by atoms with Crippen LogP contribution in [0.5, 0.6) is 0 Å². The fraction of sp³-hybridized carbons (Fsp3) is 0.533. The molecular weight excluding hydrogens is 281 g/mol. The van der Waals surface area contributed by atoms with Crippen molar-refractivity contribution in [3.8, 4) is 0 Å². The lowest BCUT2D eigenvalue weighted by atomic mass is 9.97. The summed E-state index contributed by atoms with van der Waals surface area (Å²) in [6.07, 6.45) is -2.50. The van der Waals surface area contributed by atoms with Crippen LogP contribution < -0.4 is 5.32 Å². The third-order valence-corrected chi connectivity index (χ3v) is 3.74. The second-order valence-electron chi connectivity index (χ2n) is 5.40. The van der Waals surface area contributed by atoms with E-state index in [0.717, 1.165) is 31.5 Å². The molecule has 0 spiro atoms. The van der Waals surface area contributed by atoms with Crippen LogP contribution in [0.1, 0.15) is 28.8 Å². The van der Waals surface area contributed by atoms with Crippen LogP contribution in [0, 0.1) is 5.92 Å². The quantitative estimate of drug-likeness (QED) is 0.931. The van der Waals surface area contributed by atoms with E-state index in [9.17, 15) is 18.0 Å². The molecule has 1 unspecified atom stereocenters. The summed E-state index contributed by atoms with van der Waals surface area (Å²) in [5.41, 5.74) is -0.674. The van der Waals surface area contributed by atoms with Crippen LogP contribution in [0.3, 0.4) is 0 Å². The Bertz CT molecular complexity index is 500. The largest absolute Gasteiger partial charge is 0.416 e. The predicted octanol–water partition coefficient (Wildman–Crippen LogP) is 2.78. The molecule has 116 valence electrons. The van der Waals surface area contributed by atoms with E-state index >= 15 is 0 Å². The van der Waals surface area contributed by atoms with Crippen molar-refractivity contribution >= 4 is 5.91 Å². The van der Waals surface area contributed by atoms with Gasteiger partial charge in [0, 0.05) is 18.7 Å². The number of carbonyl (C=O) groups excluding carboxylic acids is 1. The van der Waals surface area contributed by atoms with Crippen LogP contribution in [0.4, 0.5) is 13.2 Å². The number of hydrogen-bond acceptors (Lipinski definition) is 2. The number of amides is 1. The van der Waals surface area contributed by atoms with E-state index < -0.39 is 11.7 Å². The van der Waals surface area contributed by atoms with Crippen LogP contribution >= 0.6 is 0 Å². The van der Waals surface area contributed by atoms with Crippen LogP contribution in [-0.4, -0.2) is 37.5 Å². The number of hydrogen-bond donors (Lipinski definition) is 1. The molecule has 1 heterocycles. The maximum atomic E-state index is 12.7. The van der Waals surface area contributed by atoms with Gasteiger partial charge in [-0.25, -0.2) is 0 Å². The van der Waals surface area contributed by atoms with Gasteiger partial charge in [0.1, 0.15) is 0 Å². The fourth-order valence-corrected chi connectivity index (χ4v) is 2.72. The van der Waals surface area contributed by atoms with Gasteiger partial charge in [0.25, 0.3) is 5.91 Å². The van der Waals surface area contributed by atoms with Gasteiger partial charge in [-0.1, -0.05) is 6.07 Å². The highest BCUT2D eigenvalue weighted by atomic mass is 19.4. The summed E-state index contributed by atoms with van der Waals surface area (Å²) in [7, 11) is 1.85. The molecule has 1 aliphatic heterocycles. The molecule has 21 heavy (non-hydrogen) atoms. The van der Waals surface area contributed by atoms with Gasteiger partial charge >= 0.3 is 6.18 Å². The van der Waals surface area contributed by atoms with E-state index in [4.69, 9.17) is 0 Å². The lowest BCUT2D eigenvalue weighted by Gasteiger charge is -2.32. The highest BCUT2D eigenvalue weighted by Gasteiger charge is 2.32. The van der Waals surface area contributed by atoms with Crippen LogP contribution in [0.15, 0.2) is 24.3 Å². The van der Waals surface area contributed by atoms with Gasteiger partial charge in [0.2, 0.25) is 0 Å². The summed E-state index contributed by atoms with van der Waals surface area (Å²) in [5.74, 6) is 0.0420. The van der Waals surface area contributed by atoms with E-state index in [1.165, 1.54) is 12.1 Å². The lowest BCUT2D eigenvalue weighted by molar-refractivity contribution is -0.137. The zero-order chi connectivity index (χ0) is 15.5. The summed E-state index contributed by atoms with van der Waals surface area (Å²) in [6.45, 7) is 2.01. The third kappa shape index (κ3) is 3.97. The molecule has 0 saturated carbocycles. The van der Waals surface area contributed by atoms with Crippen molar-refractivity contribution < 1.29 is 18.0 Å². The van der Waals surface area contributed by atoms with E-state index in [1.54, 1.807) is 4.90 Å². The summed E-state index contributed by atoms with van der Waals surface area (Å²) >= 11 is 0. The third-order valence-electron chi connectivity index (χ3n) is 3.74. The highest BCUT2D eigenvalue weighted by Crippen LogP contribution is 2.30. The normalized spacial score (nSPS) is 19.6. The van der Waals surface area contributed by atoms with Crippen LogP contribution in [-0.2, 0) is 6.18 Å². The average Bonchev–Trinajstić information content (AvgIpc) is 2.46. The molecule has 0 bridgehead atoms. The first-order valence-electron chi connectivity index (χ1n) is 7.03. The first-order valence-corrected chi connectivity index (χ1v) is 7.03. The minimum atomic E-state index is -4.42. The second-order valence-corrected chi connectivity index (χ2v) is 5.40. The van der Waals surface area contributed by atoms with Gasteiger partial charge in [-0.15, -0.1) is 0 Å². The van der Waals surface area contributed by atoms with Gasteiger partial charge in [-0.05, 0) is 50.6 Å². The van der Waals surface area contributed by atoms with E-state index in [0.29, 0.717) is 19.0 Å². The Morgan fingerprint density at radius 1 is 1.43 bits per heavy atom. The molecule has 1 N–H and O–H groups in total. The Balaban J connectivity index is 2.12. The number of carbonyl (C=O) groups is 1. The summed E-state index contributed by atoms with van der Waals surface area (Å²) in [4.78, 5) is 14.0. The number of nitrogens with one attached hydrogen (secondary N) is 1. The minimum Gasteiger partial charge on any atom is -0.338 e. The zero-order valence-corrected chi connectivity index (χ0v) is 11.9. The molecule has 2 rings (SSSR count). The molecule has 1 amide bonds. The number of rotatable bonds is 3. The molecule has 1 saturated heterocycles. The first-order chi connectivity index (χ1) is 9.91. The Hall–Kier alpha value is -1.56. The lowest BCUT2D eigenvalue weighted by Crippen LogP contribution is -2.42. The molecule has 1 atom stereocenters. The molecule has 6 heteroatoms. The smallest absolute Gasteiger partial charge is 0.338 e. The molecular formula is C15H19F3N2O. The van der Waals surface area contributed by atoms with Crippen molar-refractivity contribution in [1.29, 1.82) is 0 Å².